The molecule has 2 aromatic carbocycles. The SMILES string of the molecule is CCCCCCCCCCCCCCC[C@@H](O)O[C@H](CO[C@@H](O)CCCCCCCCCCCCCCC)CO[P+]([O-])(O)OCCNC(=O)CC[C@@H](O)NCCOCOCC(=O)NCCCCCCN1Cc2cc([C@H](O)N(C)Cc3nc4ccccc4[nH]3)ccc2N[C@@H](CC(=O)O)[C@@H]1O.[Na+]. The van der Waals surface area contributed by atoms with E-state index >= 15 is 0 Å². The molecule has 2 amide bonds. The third-order valence-electron chi connectivity index (χ3n) is 17.9. The number of H-pyrrole nitrogens is 1. The Morgan fingerprint density at radius 2 is 1.27 bits per heavy atom. The number of fused-ring (bicyclic) bond motifs is 2. The topological polar surface area (TPSA) is 355 Å². The average molecular weight is 1440 g/mol. The van der Waals surface area contributed by atoms with Crippen LogP contribution in [0.15, 0.2) is 42.5 Å². The van der Waals surface area contributed by atoms with Crippen molar-refractivity contribution in [2.75, 3.05) is 78.4 Å². The van der Waals surface area contributed by atoms with Crippen molar-refractivity contribution in [2.24, 2.45) is 0 Å². The fourth-order valence-electron chi connectivity index (χ4n) is 12.1. The predicted molar refractivity (Wildman–Crippen MR) is 384 cm³/mol. The van der Waals surface area contributed by atoms with E-state index in [0.29, 0.717) is 68.9 Å². The van der Waals surface area contributed by atoms with Gasteiger partial charge in [0.2, 0.25) is 11.8 Å². The Hall–Kier alpha value is -3.09. The molecule has 2 heterocycles. The summed E-state index contributed by atoms with van der Waals surface area (Å²) in [6, 6.07) is 12.5. The number of nitrogens with zero attached hydrogens (tertiary/aromatic N) is 3. The molecule has 25 nitrogen and oxygen atoms in total. The first kappa shape index (κ1) is 91.1. The molecule has 12 N–H and O–H groups in total. The summed E-state index contributed by atoms with van der Waals surface area (Å²) in [6.45, 7) is 5.01. The summed E-state index contributed by atoms with van der Waals surface area (Å²) in [7, 11) is -2.83. The first-order chi connectivity index (χ1) is 48.0. The Bertz CT molecular complexity index is 2520. The minimum Gasteiger partial charge on any atom is -0.606 e. The molecule has 0 bridgehead atoms. The normalized spacial score (nSPS) is 16.3. The molecule has 0 fully saturated rings. The van der Waals surface area contributed by atoms with Crippen molar-refractivity contribution in [1.82, 2.24) is 35.7 Å². The van der Waals surface area contributed by atoms with E-state index in [1.54, 1.807) is 18.0 Å². The number of hydrogen-bond donors (Lipinski definition) is 12. The molecule has 27 heteroatoms. The first-order valence-electron chi connectivity index (χ1n) is 37.7. The van der Waals surface area contributed by atoms with Crippen molar-refractivity contribution < 1.29 is 112 Å². The number of ether oxygens (including phenoxy) is 4. The number of carbonyl (C=O) groups excluding carboxylic acids is 2. The second-order valence-electron chi connectivity index (χ2n) is 26.8. The Morgan fingerprint density at radius 1 is 0.690 bits per heavy atom. The number of para-hydroxylation sites is 2. The number of aliphatic hydroxyl groups is 5. The maximum atomic E-state index is 12.9. The number of imidazole rings is 1. The number of phosphoric acid groups is 1. The van der Waals surface area contributed by atoms with Crippen LogP contribution < -0.4 is 55.7 Å². The van der Waals surface area contributed by atoms with Crippen LogP contribution in [0, 0.1) is 0 Å². The van der Waals surface area contributed by atoms with Gasteiger partial charge in [0.1, 0.15) is 57.2 Å². The summed E-state index contributed by atoms with van der Waals surface area (Å²) in [5.41, 5.74) is 3.92. The van der Waals surface area contributed by atoms with Crippen LogP contribution in [-0.4, -0.2) is 183 Å². The quantitative estimate of drug-likeness (QED) is 0.0112. The van der Waals surface area contributed by atoms with Crippen LogP contribution >= 0.6 is 8.17 Å². The molecule has 8 atom stereocenters. The number of hydrogen-bond acceptors (Lipinski definition) is 21. The molecule has 4 rings (SSSR count). The van der Waals surface area contributed by atoms with E-state index in [1.807, 2.05) is 41.3 Å². The Morgan fingerprint density at radius 3 is 1.89 bits per heavy atom. The number of carboxylic acid groups (broad SMARTS) is 1. The van der Waals surface area contributed by atoms with Crippen LogP contribution in [0.2, 0.25) is 0 Å². The van der Waals surface area contributed by atoms with E-state index in [0.717, 1.165) is 74.4 Å². The number of benzene rings is 2. The number of carboxylic acids is 1. The number of amides is 2. The summed E-state index contributed by atoms with van der Waals surface area (Å²) >= 11 is 0. The molecule has 1 aliphatic heterocycles. The van der Waals surface area contributed by atoms with Gasteiger partial charge in [-0.15, -0.1) is 0 Å². The monoisotopic (exact) mass is 1440 g/mol. The predicted octanol–water partition coefficient (Wildman–Crippen LogP) is 7.62. The molecule has 1 aromatic heterocycles. The fourth-order valence-corrected chi connectivity index (χ4v) is 12.9. The third kappa shape index (κ3) is 43.4. The van der Waals surface area contributed by atoms with Crippen LogP contribution in [0.5, 0.6) is 0 Å². The van der Waals surface area contributed by atoms with Gasteiger partial charge in [-0.1, -0.05) is 199 Å². The van der Waals surface area contributed by atoms with Gasteiger partial charge in [-0.25, -0.2) is 4.98 Å². The van der Waals surface area contributed by atoms with E-state index in [9.17, 15) is 54.8 Å². The van der Waals surface area contributed by atoms with Crippen molar-refractivity contribution in [1.29, 1.82) is 0 Å². The van der Waals surface area contributed by atoms with Gasteiger partial charge in [0, 0.05) is 44.8 Å². The number of aromatic nitrogens is 2. The standard InChI is InChI=1S/C73H129N8O17P.Na/c1-4-6-8-10-12-14-16-18-20-22-24-26-30-38-70(87)95-54-60(98-71(88)39-31-27-25-23-21-19-17-15-13-11-9-7-5-2)55-97-99(91,92)96-49-46-76-67(83)43-42-66(82)75-45-48-93-57-94-56-68(84)74-44-34-28-29-35-47-81-52-59-50-58(40-41-61(59)77-64(73(81)90)51-69(85)86)72(89)80(3)53-65-78-62-36-32-33-37-63(62)79-65;/h32-33,36-37,40-41,50,60,64,66,70-73,75,77,82,87-90H,4-31,34-35,38-39,42-49,51-57H2,1-3H3,(H,74,84)(H,76,83)(H,78,79)(H,85,86)(H,91,92);/q;+1/t60-,64+,66-,70-,71+,72+,73+;/m1./s1. The molecular formula is C73H129N8NaO17P+. The molecule has 1 unspecified atom stereocenters. The summed E-state index contributed by atoms with van der Waals surface area (Å²) in [5, 5.41) is 75.7. The Kier molecular flexibility index (Phi) is 52.1. The van der Waals surface area contributed by atoms with Crippen molar-refractivity contribution in [3.63, 3.8) is 0 Å². The first-order valence-corrected chi connectivity index (χ1v) is 39.2. The zero-order valence-electron chi connectivity index (χ0n) is 61.3. The molecule has 0 saturated heterocycles. The second-order valence-corrected chi connectivity index (χ2v) is 28.3. The zero-order chi connectivity index (χ0) is 71.6. The Balaban J connectivity index is 0.0000260. The second kappa shape index (κ2) is 57.2. The number of nitrogens with one attached hydrogen (secondary N) is 5. The van der Waals surface area contributed by atoms with Gasteiger partial charge in [-0.3, -0.25) is 29.5 Å². The van der Waals surface area contributed by atoms with Crippen LogP contribution in [0.1, 0.15) is 262 Å². The van der Waals surface area contributed by atoms with Crippen LogP contribution in [0.4, 0.5) is 5.69 Å². The number of anilines is 1. The molecule has 0 aliphatic carbocycles. The van der Waals surface area contributed by atoms with Crippen molar-refractivity contribution in [3.05, 3.63) is 59.4 Å². The van der Waals surface area contributed by atoms with Crippen LogP contribution in [0.3, 0.4) is 0 Å². The number of aliphatic hydroxyl groups excluding tert-OH is 5. The molecule has 100 heavy (non-hydrogen) atoms. The van der Waals surface area contributed by atoms with E-state index in [2.05, 4.69) is 45.1 Å². The van der Waals surface area contributed by atoms with Crippen LogP contribution in [-0.2, 0) is 55.5 Å². The number of aromatic amines is 1. The van der Waals surface area contributed by atoms with Crippen molar-refractivity contribution in [3.8, 4) is 0 Å². The number of aliphatic carboxylic acids is 1. The van der Waals surface area contributed by atoms with Gasteiger partial charge in [-0.2, -0.15) is 13.9 Å². The summed E-state index contributed by atoms with van der Waals surface area (Å²) < 4.78 is 32.6. The maximum Gasteiger partial charge on any atom is 1.00 e. The van der Waals surface area contributed by atoms with Gasteiger partial charge in [0.15, 0.2) is 12.6 Å². The van der Waals surface area contributed by atoms with Crippen molar-refractivity contribution in [2.45, 2.75) is 295 Å². The van der Waals surface area contributed by atoms with Gasteiger partial charge in [0.25, 0.3) is 0 Å². The molecule has 0 saturated carbocycles. The third-order valence-corrected chi connectivity index (χ3v) is 18.9. The average Bonchev–Trinajstić information content (AvgIpc) is 1.53. The zero-order valence-corrected chi connectivity index (χ0v) is 64.2. The van der Waals surface area contributed by atoms with E-state index in [-0.39, 0.29) is 101 Å². The fraction of sp³-hybridized carbons (Fsp3) is 0.781. The molecule has 1 aliphatic rings. The minimum absolute atomic E-state index is 0. The van der Waals surface area contributed by atoms with Gasteiger partial charge in [0.05, 0.1) is 43.3 Å². The maximum absolute atomic E-state index is 12.9. The van der Waals surface area contributed by atoms with E-state index < -0.39 is 70.1 Å². The summed E-state index contributed by atoms with van der Waals surface area (Å²) in [6.07, 6.45) is 28.6. The van der Waals surface area contributed by atoms with Crippen LogP contribution in [0.25, 0.3) is 11.0 Å². The summed E-state index contributed by atoms with van der Waals surface area (Å²) in [4.78, 5) is 71.7. The van der Waals surface area contributed by atoms with E-state index in [4.69, 9.17) is 28.0 Å². The van der Waals surface area contributed by atoms with Gasteiger partial charge >= 0.3 is 43.7 Å². The number of rotatable bonds is 64. The number of unbranched alkanes of at least 4 members (excludes halogenated alkanes) is 27. The molecule has 568 valence electrons. The smallest absolute Gasteiger partial charge is 0.606 e. The molecule has 3 aromatic rings. The largest absolute Gasteiger partial charge is 1.00 e. The van der Waals surface area contributed by atoms with E-state index in [1.165, 1.54) is 122 Å². The molecule has 0 radical (unpaired) electrons. The molecule has 0 spiro atoms. The van der Waals surface area contributed by atoms with Gasteiger partial charge < -0.3 is 75.4 Å². The minimum atomic E-state index is -4.63. The van der Waals surface area contributed by atoms with Gasteiger partial charge in [-0.05, 0) is 87.4 Å². The van der Waals surface area contributed by atoms with Crippen molar-refractivity contribution >= 4 is 42.7 Å². The Labute approximate surface area is 620 Å². The summed E-state index contributed by atoms with van der Waals surface area (Å²) in [5.74, 6) is -1.05. The number of carbonyl (C=O) groups is 3. The number of phosphoric ester groups is 1. The molecular weight excluding hydrogens is 1310 g/mol.